The number of aromatic nitrogens is 5. The van der Waals surface area contributed by atoms with Crippen molar-refractivity contribution in [3.8, 4) is 0 Å². The van der Waals surface area contributed by atoms with Gasteiger partial charge in [-0.15, -0.1) is 0 Å². The van der Waals surface area contributed by atoms with Gasteiger partial charge in [-0.3, -0.25) is 4.68 Å². The molecule has 2 heterocycles. The fourth-order valence-electron chi connectivity index (χ4n) is 1.78. The Morgan fingerprint density at radius 3 is 2.75 bits per heavy atom. The molecule has 0 saturated heterocycles. The number of nitrogens with one attached hydrogen (secondary N) is 2. The van der Waals surface area contributed by atoms with Crippen LogP contribution >= 0.6 is 0 Å². The highest BCUT2D eigenvalue weighted by atomic mass is 15.3. The molecule has 0 radical (unpaired) electrons. The lowest BCUT2D eigenvalue weighted by Gasteiger charge is -2.08. The summed E-state index contributed by atoms with van der Waals surface area (Å²) in [5, 5.41) is 10.7. The molecule has 2 N–H and O–H groups in total. The van der Waals surface area contributed by atoms with E-state index in [0.29, 0.717) is 5.95 Å². The molecule has 0 fully saturated rings. The molecule has 7 heteroatoms. The van der Waals surface area contributed by atoms with Crippen molar-refractivity contribution in [3.05, 3.63) is 23.9 Å². The van der Waals surface area contributed by atoms with Crippen LogP contribution in [0.5, 0.6) is 0 Å². The third kappa shape index (κ3) is 4.18. The van der Waals surface area contributed by atoms with E-state index in [2.05, 4.69) is 37.6 Å². The molecule has 0 spiro atoms. The van der Waals surface area contributed by atoms with E-state index in [9.17, 15) is 0 Å². The first-order chi connectivity index (χ1) is 9.67. The minimum atomic E-state index is 0.672. The van der Waals surface area contributed by atoms with Crippen molar-refractivity contribution < 1.29 is 0 Å². The number of hydrogen-bond donors (Lipinski definition) is 2. The van der Waals surface area contributed by atoms with Gasteiger partial charge in [-0.1, -0.05) is 6.92 Å². The average molecular weight is 275 g/mol. The van der Waals surface area contributed by atoms with Crippen LogP contribution in [0.4, 0.5) is 11.8 Å². The van der Waals surface area contributed by atoms with Crippen LogP contribution in [-0.4, -0.2) is 37.8 Å². The molecule has 2 aromatic rings. The van der Waals surface area contributed by atoms with E-state index < -0.39 is 0 Å². The van der Waals surface area contributed by atoms with Crippen LogP contribution < -0.4 is 10.6 Å². The summed E-state index contributed by atoms with van der Waals surface area (Å²) in [5.41, 5.74) is 0.942. The van der Waals surface area contributed by atoms with Crippen LogP contribution in [0.25, 0.3) is 0 Å². The molecular formula is C13H21N7. The van der Waals surface area contributed by atoms with Crippen LogP contribution in [0, 0.1) is 6.92 Å². The molecule has 0 unspecified atom stereocenters. The standard InChI is InChI=1S/C13H21N7/c1-4-6-15-13-17-10(2)8-12(18-13)14-7-5-11-16-9-20(3)19-11/h8-9H,4-7H2,1-3H3,(H2,14,15,17,18). The van der Waals surface area contributed by atoms with Gasteiger partial charge in [-0.05, 0) is 13.3 Å². The Morgan fingerprint density at radius 1 is 1.20 bits per heavy atom. The maximum absolute atomic E-state index is 4.43. The number of rotatable bonds is 7. The third-order valence-corrected chi connectivity index (χ3v) is 2.69. The highest BCUT2D eigenvalue weighted by Gasteiger charge is 2.03. The monoisotopic (exact) mass is 275 g/mol. The normalized spacial score (nSPS) is 10.6. The van der Waals surface area contributed by atoms with E-state index in [0.717, 1.165) is 43.3 Å². The van der Waals surface area contributed by atoms with E-state index in [-0.39, 0.29) is 0 Å². The van der Waals surface area contributed by atoms with Crippen LogP contribution in [0.1, 0.15) is 24.9 Å². The van der Waals surface area contributed by atoms with E-state index in [1.54, 1.807) is 11.0 Å². The largest absolute Gasteiger partial charge is 0.369 e. The van der Waals surface area contributed by atoms with Crippen molar-refractivity contribution in [3.63, 3.8) is 0 Å². The van der Waals surface area contributed by atoms with Crippen molar-refractivity contribution in [2.75, 3.05) is 23.7 Å². The SMILES string of the molecule is CCCNc1nc(C)cc(NCCc2ncn(C)n2)n1. The lowest BCUT2D eigenvalue weighted by atomic mass is 10.4. The van der Waals surface area contributed by atoms with E-state index in [4.69, 9.17) is 0 Å². The maximum Gasteiger partial charge on any atom is 0.224 e. The molecule has 0 amide bonds. The Bertz CT molecular complexity index is 549. The molecule has 2 rings (SSSR count). The highest BCUT2D eigenvalue weighted by molar-refractivity contribution is 5.42. The second kappa shape index (κ2) is 6.83. The summed E-state index contributed by atoms with van der Waals surface area (Å²) in [7, 11) is 1.86. The first-order valence-electron chi connectivity index (χ1n) is 6.85. The summed E-state index contributed by atoms with van der Waals surface area (Å²) >= 11 is 0. The van der Waals surface area contributed by atoms with Gasteiger partial charge in [0.25, 0.3) is 0 Å². The quantitative estimate of drug-likeness (QED) is 0.795. The van der Waals surface area contributed by atoms with Crippen molar-refractivity contribution in [2.45, 2.75) is 26.7 Å². The van der Waals surface area contributed by atoms with Gasteiger partial charge in [0.15, 0.2) is 5.82 Å². The number of aryl methyl sites for hydroxylation is 2. The first kappa shape index (κ1) is 14.2. The Hall–Kier alpha value is -2.18. The van der Waals surface area contributed by atoms with Crippen LogP contribution in [0.3, 0.4) is 0 Å². The third-order valence-electron chi connectivity index (χ3n) is 2.69. The Labute approximate surface area is 118 Å². The topological polar surface area (TPSA) is 80.5 Å². The van der Waals surface area contributed by atoms with Crippen molar-refractivity contribution in [1.29, 1.82) is 0 Å². The summed E-state index contributed by atoms with van der Waals surface area (Å²) in [4.78, 5) is 13.0. The zero-order valence-electron chi connectivity index (χ0n) is 12.2. The van der Waals surface area contributed by atoms with Gasteiger partial charge < -0.3 is 10.6 Å². The molecule has 0 atom stereocenters. The highest BCUT2D eigenvalue weighted by Crippen LogP contribution is 2.09. The Balaban J connectivity index is 1.89. The van der Waals surface area contributed by atoms with E-state index >= 15 is 0 Å². The van der Waals surface area contributed by atoms with Gasteiger partial charge >= 0.3 is 0 Å². The van der Waals surface area contributed by atoms with Gasteiger partial charge in [-0.25, -0.2) is 9.97 Å². The molecule has 2 aromatic heterocycles. The maximum atomic E-state index is 4.43. The molecule has 0 aliphatic heterocycles. The van der Waals surface area contributed by atoms with Gasteiger partial charge in [0.05, 0.1) is 0 Å². The van der Waals surface area contributed by atoms with Gasteiger partial charge in [0, 0.05) is 38.3 Å². The van der Waals surface area contributed by atoms with E-state index in [1.165, 1.54) is 0 Å². The van der Waals surface area contributed by atoms with E-state index in [1.807, 2.05) is 20.0 Å². The molecule has 0 aromatic carbocycles. The fraction of sp³-hybridized carbons (Fsp3) is 0.538. The molecule has 0 bridgehead atoms. The first-order valence-corrected chi connectivity index (χ1v) is 6.85. The molecule has 0 saturated carbocycles. The smallest absolute Gasteiger partial charge is 0.224 e. The minimum absolute atomic E-state index is 0.672. The molecule has 20 heavy (non-hydrogen) atoms. The Morgan fingerprint density at radius 2 is 2.05 bits per heavy atom. The number of hydrogen-bond acceptors (Lipinski definition) is 6. The van der Waals surface area contributed by atoms with Gasteiger partial charge in [0.1, 0.15) is 12.1 Å². The van der Waals surface area contributed by atoms with Crippen LogP contribution in [0.2, 0.25) is 0 Å². The predicted molar refractivity (Wildman–Crippen MR) is 78.7 cm³/mol. The lowest BCUT2D eigenvalue weighted by Crippen LogP contribution is -2.11. The minimum Gasteiger partial charge on any atom is -0.369 e. The molecular weight excluding hydrogens is 254 g/mol. The summed E-state index contributed by atoms with van der Waals surface area (Å²) in [6.45, 7) is 5.69. The molecule has 7 nitrogen and oxygen atoms in total. The summed E-state index contributed by atoms with van der Waals surface area (Å²) in [6.07, 6.45) is 3.52. The predicted octanol–water partition coefficient (Wildman–Crippen LogP) is 1.39. The lowest BCUT2D eigenvalue weighted by molar-refractivity contribution is 0.741. The van der Waals surface area contributed by atoms with Crippen molar-refractivity contribution in [1.82, 2.24) is 24.7 Å². The Kier molecular flexibility index (Phi) is 4.86. The van der Waals surface area contributed by atoms with Crippen LogP contribution in [0.15, 0.2) is 12.4 Å². The average Bonchev–Trinajstić information content (AvgIpc) is 2.81. The summed E-state index contributed by atoms with van der Waals surface area (Å²) in [6, 6.07) is 1.93. The summed E-state index contributed by atoms with van der Waals surface area (Å²) < 4.78 is 1.71. The second-order valence-corrected chi connectivity index (χ2v) is 4.66. The van der Waals surface area contributed by atoms with Crippen LogP contribution in [-0.2, 0) is 13.5 Å². The molecule has 0 aliphatic rings. The van der Waals surface area contributed by atoms with Crippen molar-refractivity contribution in [2.24, 2.45) is 7.05 Å². The number of nitrogens with zero attached hydrogens (tertiary/aromatic N) is 5. The zero-order valence-corrected chi connectivity index (χ0v) is 12.2. The van der Waals surface area contributed by atoms with Gasteiger partial charge in [-0.2, -0.15) is 10.1 Å². The fourth-order valence-corrected chi connectivity index (χ4v) is 1.78. The van der Waals surface area contributed by atoms with Crippen molar-refractivity contribution >= 4 is 11.8 Å². The molecule has 0 aliphatic carbocycles. The summed E-state index contributed by atoms with van der Waals surface area (Å²) in [5.74, 6) is 2.33. The number of anilines is 2. The molecule has 108 valence electrons. The zero-order chi connectivity index (χ0) is 14.4. The second-order valence-electron chi connectivity index (χ2n) is 4.66. The van der Waals surface area contributed by atoms with Gasteiger partial charge in [0.2, 0.25) is 5.95 Å².